The summed E-state index contributed by atoms with van der Waals surface area (Å²) in [4.78, 5) is 21.4. The minimum Gasteiger partial charge on any atom is -0.379 e. The van der Waals surface area contributed by atoms with Crippen molar-refractivity contribution in [1.29, 1.82) is 0 Å². The number of nitrogens with one attached hydrogen (secondary N) is 1. The van der Waals surface area contributed by atoms with Crippen molar-refractivity contribution in [1.82, 2.24) is 15.3 Å². The summed E-state index contributed by atoms with van der Waals surface area (Å²) in [5, 5.41) is 3.07. The summed E-state index contributed by atoms with van der Waals surface area (Å²) in [7, 11) is 0. The van der Waals surface area contributed by atoms with E-state index in [0.29, 0.717) is 24.8 Å². The molecule has 0 bridgehead atoms. The van der Waals surface area contributed by atoms with Crippen LogP contribution in [0.3, 0.4) is 0 Å². The molecule has 3 aliphatic rings. The Balaban J connectivity index is 1.47. The molecule has 0 aromatic carbocycles. The molecule has 7 nitrogen and oxygen atoms in total. The van der Waals surface area contributed by atoms with Gasteiger partial charge in [0.2, 0.25) is 5.95 Å². The van der Waals surface area contributed by atoms with Crippen LogP contribution in [0.5, 0.6) is 0 Å². The molecule has 1 saturated carbocycles. The van der Waals surface area contributed by atoms with Crippen LogP contribution in [0.25, 0.3) is 0 Å². The van der Waals surface area contributed by atoms with Crippen molar-refractivity contribution >= 4 is 11.9 Å². The van der Waals surface area contributed by atoms with Crippen LogP contribution in [0.1, 0.15) is 53.8 Å². The van der Waals surface area contributed by atoms with Gasteiger partial charge in [-0.2, -0.15) is 0 Å². The summed E-state index contributed by atoms with van der Waals surface area (Å²) in [5.74, 6) is 0.683. The van der Waals surface area contributed by atoms with E-state index < -0.39 is 0 Å². The van der Waals surface area contributed by atoms with E-state index in [9.17, 15) is 4.79 Å². The van der Waals surface area contributed by atoms with Crippen molar-refractivity contribution in [3.63, 3.8) is 0 Å². The van der Waals surface area contributed by atoms with Gasteiger partial charge in [-0.15, -0.1) is 0 Å². The molecule has 136 valence electrons. The SMILES string of the molecule is Nc1nc2c(c(C(=O)N[C@@H]3COCC[C@@H]3OCC3CC3)n1)CCCC2. The molecule has 1 aromatic rings. The Kier molecular flexibility index (Phi) is 4.85. The van der Waals surface area contributed by atoms with Crippen molar-refractivity contribution in [3.8, 4) is 0 Å². The molecule has 0 unspecified atom stereocenters. The first-order valence-corrected chi connectivity index (χ1v) is 9.36. The number of carbonyl (C=O) groups excluding carboxylic acids is 1. The number of amides is 1. The fourth-order valence-corrected chi connectivity index (χ4v) is 3.63. The summed E-state index contributed by atoms with van der Waals surface area (Å²) in [6, 6.07) is -0.143. The fourth-order valence-electron chi connectivity index (χ4n) is 3.63. The maximum Gasteiger partial charge on any atom is 0.270 e. The van der Waals surface area contributed by atoms with Crippen LogP contribution in [0, 0.1) is 5.92 Å². The quantitative estimate of drug-likeness (QED) is 0.832. The maximum atomic E-state index is 12.9. The third-order valence-electron chi connectivity index (χ3n) is 5.27. The van der Waals surface area contributed by atoms with Crippen LogP contribution in [0.2, 0.25) is 0 Å². The van der Waals surface area contributed by atoms with Gasteiger partial charge in [-0.25, -0.2) is 9.97 Å². The minimum atomic E-state index is -0.192. The summed E-state index contributed by atoms with van der Waals surface area (Å²) in [5.41, 5.74) is 8.11. The largest absolute Gasteiger partial charge is 0.379 e. The van der Waals surface area contributed by atoms with Gasteiger partial charge in [-0.05, 0) is 50.9 Å². The number of rotatable bonds is 5. The number of nitrogens with two attached hydrogens (primary N) is 1. The van der Waals surface area contributed by atoms with Gasteiger partial charge in [0.1, 0.15) is 5.69 Å². The van der Waals surface area contributed by atoms with E-state index in [1.807, 2.05) is 0 Å². The second-order valence-electron chi connectivity index (χ2n) is 7.32. The molecule has 2 aliphatic carbocycles. The molecule has 1 aromatic heterocycles. The third-order valence-corrected chi connectivity index (χ3v) is 5.27. The van der Waals surface area contributed by atoms with Crippen LogP contribution in [-0.4, -0.2) is 47.8 Å². The molecule has 25 heavy (non-hydrogen) atoms. The maximum absolute atomic E-state index is 12.9. The number of hydrogen-bond acceptors (Lipinski definition) is 6. The van der Waals surface area contributed by atoms with Gasteiger partial charge in [-0.1, -0.05) is 0 Å². The molecule has 1 aliphatic heterocycles. The molecule has 1 amide bonds. The summed E-state index contributed by atoms with van der Waals surface area (Å²) >= 11 is 0. The monoisotopic (exact) mass is 346 g/mol. The number of fused-ring (bicyclic) bond motifs is 1. The first-order chi connectivity index (χ1) is 12.2. The number of anilines is 1. The minimum absolute atomic E-state index is 0.00769. The topological polar surface area (TPSA) is 99.4 Å². The molecule has 0 radical (unpaired) electrons. The molecule has 3 N–H and O–H groups in total. The molecule has 2 heterocycles. The lowest BCUT2D eigenvalue weighted by molar-refractivity contribution is -0.0567. The number of ether oxygens (including phenoxy) is 2. The number of aryl methyl sites for hydroxylation is 1. The number of nitrogens with zero attached hydrogens (tertiary/aromatic N) is 2. The lowest BCUT2D eigenvalue weighted by Crippen LogP contribution is -2.51. The fraction of sp³-hybridized carbons (Fsp3) is 0.722. The number of carbonyl (C=O) groups is 1. The zero-order valence-corrected chi connectivity index (χ0v) is 14.5. The number of hydrogen-bond donors (Lipinski definition) is 2. The van der Waals surface area contributed by atoms with Crippen molar-refractivity contribution < 1.29 is 14.3 Å². The first-order valence-electron chi connectivity index (χ1n) is 9.36. The van der Waals surface area contributed by atoms with Crippen LogP contribution in [-0.2, 0) is 22.3 Å². The van der Waals surface area contributed by atoms with E-state index in [0.717, 1.165) is 50.0 Å². The van der Waals surface area contributed by atoms with Crippen LogP contribution < -0.4 is 11.1 Å². The Bertz CT molecular complexity index is 647. The van der Waals surface area contributed by atoms with E-state index >= 15 is 0 Å². The van der Waals surface area contributed by atoms with Gasteiger partial charge in [0.15, 0.2) is 0 Å². The highest BCUT2D eigenvalue weighted by molar-refractivity contribution is 5.94. The highest BCUT2D eigenvalue weighted by Gasteiger charge is 2.32. The Labute approximate surface area is 147 Å². The van der Waals surface area contributed by atoms with Gasteiger partial charge in [0.05, 0.1) is 18.8 Å². The standard InChI is InChI=1S/C18H26N4O3/c19-18-21-13-4-2-1-3-12(13)16(22-18)17(23)20-14-10-24-8-7-15(14)25-9-11-5-6-11/h11,14-15H,1-10H2,(H,20,23)(H2,19,21,22)/t14-,15+/m1/s1. The van der Waals surface area contributed by atoms with Gasteiger partial charge >= 0.3 is 0 Å². The predicted octanol–water partition coefficient (Wildman–Crippen LogP) is 1.25. The predicted molar refractivity (Wildman–Crippen MR) is 92.2 cm³/mol. The van der Waals surface area contributed by atoms with E-state index in [1.54, 1.807) is 0 Å². The highest BCUT2D eigenvalue weighted by Crippen LogP contribution is 2.30. The van der Waals surface area contributed by atoms with Gasteiger partial charge in [0.25, 0.3) is 5.91 Å². The van der Waals surface area contributed by atoms with Crippen LogP contribution >= 0.6 is 0 Å². The molecule has 4 rings (SSSR count). The molecule has 7 heteroatoms. The van der Waals surface area contributed by atoms with Gasteiger partial charge in [-0.3, -0.25) is 4.79 Å². The number of aromatic nitrogens is 2. The lowest BCUT2D eigenvalue weighted by Gasteiger charge is -2.32. The summed E-state index contributed by atoms with van der Waals surface area (Å²) in [6.07, 6.45) is 7.16. The molecule has 1 saturated heterocycles. The van der Waals surface area contributed by atoms with E-state index in [4.69, 9.17) is 15.2 Å². The Morgan fingerprint density at radius 1 is 1.24 bits per heavy atom. The Morgan fingerprint density at radius 2 is 2.08 bits per heavy atom. The average molecular weight is 346 g/mol. The van der Waals surface area contributed by atoms with E-state index in [-0.39, 0.29) is 24.0 Å². The molecular weight excluding hydrogens is 320 g/mol. The van der Waals surface area contributed by atoms with Gasteiger partial charge < -0.3 is 20.5 Å². The first kappa shape index (κ1) is 16.7. The molecular formula is C18H26N4O3. The zero-order valence-electron chi connectivity index (χ0n) is 14.5. The second-order valence-corrected chi connectivity index (χ2v) is 7.32. The van der Waals surface area contributed by atoms with Crippen molar-refractivity contribution in [3.05, 3.63) is 17.0 Å². The third kappa shape index (κ3) is 3.93. The molecule has 2 atom stereocenters. The summed E-state index contributed by atoms with van der Waals surface area (Å²) < 4.78 is 11.6. The average Bonchev–Trinajstić information content (AvgIpc) is 3.44. The highest BCUT2D eigenvalue weighted by atomic mass is 16.5. The molecule has 2 fully saturated rings. The second kappa shape index (κ2) is 7.25. The van der Waals surface area contributed by atoms with Crippen molar-refractivity contribution in [2.75, 3.05) is 25.6 Å². The Hall–Kier alpha value is -1.73. The van der Waals surface area contributed by atoms with Crippen molar-refractivity contribution in [2.24, 2.45) is 5.92 Å². The van der Waals surface area contributed by atoms with E-state index in [1.165, 1.54) is 12.8 Å². The van der Waals surface area contributed by atoms with E-state index in [2.05, 4.69) is 15.3 Å². The van der Waals surface area contributed by atoms with Crippen LogP contribution in [0.4, 0.5) is 5.95 Å². The summed E-state index contributed by atoms with van der Waals surface area (Å²) in [6.45, 7) is 1.94. The smallest absolute Gasteiger partial charge is 0.270 e. The normalized spacial score (nSPS) is 26.1. The zero-order chi connectivity index (χ0) is 17.2. The van der Waals surface area contributed by atoms with Crippen molar-refractivity contribution in [2.45, 2.75) is 57.1 Å². The lowest BCUT2D eigenvalue weighted by atomic mass is 9.94. The number of nitrogen functional groups attached to an aromatic ring is 1. The van der Waals surface area contributed by atoms with Gasteiger partial charge in [0, 0.05) is 24.5 Å². The molecule has 0 spiro atoms. The van der Waals surface area contributed by atoms with Crippen LogP contribution in [0.15, 0.2) is 0 Å². The Morgan fingerprint density at radius 3 is 2.92 bits per heavy atom.